The average molecular weight is 248 g/mol. The molecule has 0 spiro atoms. The Morgan fingerprint density at radius 2 is 2.11 bits per heavy atom. The van der Waals surface area contributed by atoms with Crippen molar-refractivity contribution >= 4 is 5.97 Å². The quantitative estimate of drug-likeness (QED) is 0.537. The minimum Gasteiger partial charge on any atom is -0.478 e. The largest absolute Gasteiger partial charge is 0.478 e. The molecule has 0 radical (unpaired) electrons. The minimum atomic E-state index is -0.935. The molecule has 2 heteroatoms. The number of carboxylic acids is 1. The summed E-state index contributed by atoms with van der Waals surface area (Å²) in [5.41, 5.74) is 0.955. The van der Waals surface area contributed by atoms with Gasteiger partial charge in [0.25, 0.3) is 0 Å². The number of aliphatic carboxylic acids is 1. The fourth-order valence-corrected chi connectivity index (χ4v) is 2.26. The van der Waals surface area contributed by atoms with Gasteiger partial charge >= 0.3 is 5.97 Å². The van der Waals surface area contributed by atoms with E-state index in [1.165, 1.54) is 19.3 Å². The monoisotopic (exact) mass is 248 g/mol. The van der Waals surface area contributed by atoms with Crippen LogP contribution < -0.4 is 0 Å². The van der Waals surface area contributed by atoms with E-state index >= 15 is 0 Å². The highest BCUT2D eigenvalue weighted by Gasteiger charge is 2.24. The first-order valence-corrected chi connectivity index (χ1v) is 6.69. The first-order chi connectivity index (χ1) is 8.34. The minimum absolute atomic E-state index is 0.00467. The van der Waals surface area contributed by atoms with Gasteiger partial charge in [0, 0.05) is 5.41 Å². The first kappa shape index (κ1) is 14.7. The van der Waals surface area contributed by atoms with Crippen LogP contribution in [0, 0.1) is 11.3 Å². The van der Waals surface area contributed by atoms with Crippen LogP contribution in [0.1, 0.15) is 46.5 Å². The number of carbonyl (C=O) groups is 1. The Morgan fingerprint density at radius 3 is 2.67 bits per heavy atom. The molecule has 1 aliphatic rings. The molecule has 1 atom stereocenters. The van der Waals surface area contributed by atoms with E-state index in [1.807, 2.05) is 12.2 Å². The summed E-state index contributed by atoms with van der Waals surface area (Å²) >= 11 is 0. The second kappa shape index (κ2) is 6.03. The van der Waals surface area contributed by atoms with Crippen molar-refractivity contribution in [3.63, 3.8) is 0 Å². The molecule has 100 valence electrons. The molecule has 18 heavy (non-hydrogen) atoms. The maximum Gasteiger partial charge on any atom is 0.335 e. The Hall–Kier alpha value is -1.31. The molecule has 0 saturated carbocycles. The Morgan fingerprint density at radius 1 is 1.44 bits per heavy atom. The molecule has 0 fully saturated rings. The molecule has 0 amide bonds. The molecule has 0 heterocycles. The van der Waals surface area contributed by atoms with E-state index in [2.05, 4.69) is 33.4 Å². The van der Waals surface area contributed by atoms with Gasteiger partial charge in [-0.25, -0.2) is 4.79 Å². The van der Waals surface area contributed by atoms with Crippen LogP contribution in [0.4, 0.5) is 0 Å². The van der Waals surface area contributed by atoms with Crippen LogP contribution >= 0.6 is 0 Å². The molecule has 0 aromatic carbocycles. The third kappa shape index (κ3) is 4.17. The van der Waals surface area contributed by atoms with Crippen molar-refractivity contribution in [2.24, 2.45) is 11.3 Å². The number of hydrogen-bond acceptors (Lipinski definition) is 1. The van der Waals surface area contributed by atoms with Crippen LogP contribution in [-0.4, -0.2) is 11.1 Å². The maximum absolute atomic E-state index is 10.9. The third-order valence-electron chi connectivity index (χ3n) is 3.48. The predicted octanol–water partition coefficient (Wildman–Crippen LogP) is 4.35. The van der Waals surface area contributed by atoms with Gasteiger partial charge in [-0.15, -0.1) is 0 Å². The second-order valence-electron chi connectivity index (χ2n) is 5.86. The van der Waals surface area contributed by atoms with Gasteiger partial charge in [0.2, 0.25) is 0 Å². The fourth-order valence-electron chi connectivity index (χ4n) is 2.26. The summed E-state index contributed by atoms with van der Waals surface area (Å²) in [5.74, 6) is -0.176. The average Bonchev–Trinajstić information content (AvgIpc) is 2.66. The van der Waals surface area contributed by atoms with Crippen LogP contribution in [0.15, 0.2) is 36.0 Å². The van der Waals surface area contributed by atoms with E-state index in [0.717, 1.165) is 17.9 Å². The zero-order chi connectivity index (χ0) is 13.8. The van der Waals surface area contributed by atoms with Crippen molar-refractivity contribution in [2.45, 2.75) is 46.5 Å². The van der Waals surface area contributed by atoms with Gasteiger partial charge < -0.3 is 5.11 Å². The first-order valence-electron chi connectivity index (χ1n) is 6.69. The maximum atomic E-state index is 10.9. The molecule has 0 bridgehead atoms. The van der Waals surface area contributed by atoms with Crippen LogP contribution in [-0.2, 0) is 4.79 Å². The molecule has 0 aliphatic heterocycles. The van der Waals surface area contributed by atoms with Gasteiger partial charge in [0.05, 0.1) is 5.57 Å². The lowest BCUT2D eigenvalue weighted by molar-refractivity contribution is -0.132. The van der Waals surface area contributed by atoms with Crippen LogP contribution in [0.5, 0.6) is 0 Å². The van der Waals surface area contributed by atoms with E-state index < -0.39 is 5.97 Å². The summed E-state index contributed by atoms with van der Waals surface area (Å²) in [6.07, 6.45) is 10.8. The molecule has 0 saturated heterocycles. The van der Waals surface area contributed by atoms with E-state index in [0.29, 0.717) is 0 Å². The van der Waals surface area contributed by atoms with Gasteiger partial charge in [0.15, 0.2) is 0 Å². The Kier molecular flexibility index (Phi) is 4.94. The normalized spacial score (nSPS) is 22.3. The number of rotatable bonds is 7. The Bertz CT molecular complexity index is 388. The van der Waals surface area contributed by atoms with Gasteiger partial charge in [-0.1, -0.05) is 64.8 Å². The summed E-state index contributed by atoms with van der Waals surface area (Å²) in [7, 11) is 0. The predicted molar refractivity (Wildman–Crippen MR) is 75.4 cm³/mol. The van der Waals surface area contributed by atoms with Gasteiger partial charge in [-0.05, 0) is 17.9 Å². The highest BCUT2D eigenvalue weighted by molar-refractivity contribution is 5.92. The van der Waals surface area contributed by atoms with Crippen LogP contribution in [0.2, 0.25) is 0 Å². The smallest absolute Gasteiger partial charge is 0.335 e. The standard InChI is InChI=1S/C16H24O2/c1-12(2)7-5-6-9-16(4)10-8-14(11-16)13(3)15(17)18/h8,10-12H,3,5-7,9H2,1-2,4H3,(H,17,18). The Balaban J connectivity index is 2.50. The summed E-state index contributed by atoms with van der Waals surface area (Å²) in [6, 6.07) is 0. The molecular formula is C16H24O2. The highest BCUT2D eigenvalue weighted by Crippen LogP contribution is 2.36. The van der Waals surface area contributed by atoms with Crippen molar-refractivity contribution in [2.75, 3.05) is 0 Å². The summed E-state index contributed by atoms with van der Waals surface area (Å²) in [6.45, 7) is 10.2. The summed E-state index contributed by atoms with van der Waals surface area (Å²) < 4.78 is 0. The highest BCUT2D eigenvalue weighted by atomic mass is 16.4. The number of unbranched alkanes of at least 4 members (excludes halogenated alkanes) is 1. The second-order valence-corrected chi connectivity index (χ2v) is 5.86. The van der Waals surface area contributed by atoms with E-state index in [1.54, 1.807) is 0 Å². The van der Waals surface area contributed by atoms with Gasteiger partial charge in [-0.3, -0.25) is 0 Å². The van der Waals surface area contributed by atoms with Crippen LogP contribution in [0.25, 0.3) is 0 Å². The lowest BCUT2D eigenvalue weighted by Gasteiger charge is -2.19. The lowest BCUT2D eigenvalue weighted by Crippen LogP contribution is -2.08. The molecule has 0 aromatic heterocycles. The number of carboxylic acid groups (broad SMARTS) is 1. The Labute approximate surface area is 110 Å². The van der Waals surface area contributed by atoms with Gasteiger partial charge in [0.1, 0.15) is 0 Å². The zero-order valence-corrected chi connectivity index (χ0v) is 11.7. The molecule has 2 nitrogen and oxygen atoms in total. The SMILES string of the molecule is C=C(C(=O)O)C1=CC(C)(CCCCC(C)C)C=C1. The van der Waals surface area contributed by atoms with Crippen molar-refractivity contribution in [1.29, 1.82) is 0 Å². The third-order valence-corrected chi connectivity index (χ3v) is 3.48. The topological polar surface area (TPSA) is 37.3 Å². The zero-order valence-electron chi connectivity index (χ0n) is 11.7. The van der Waals surface area contributed by atoms with Crippen molar-refractivity contribution < 1.29 is 9.90 Å². The molecule has 1 rings (SSSR count). The van der Waals surface area contributed by atoms with Crippen molar-refractivity contribution in [1.82, 2.24) is 0 Å². The molecule has 1 aliphatic carbocycles. The van der Waals surface area contributed by atoms with Gasteiger partial charge in [-0.2, -0.15) is 0 Å². The van der Waals surface area contributed by atoms with Crippen LogP contribution in [0.3, 0.4) is 0 Å². The van der Waals surface area contributed by atoms with E-state index in [9.17, 15) is 4.79 Å². The van der Waals surface area contributed by atoms with Crippen molar-refractivity contribution in [3.8, 4) is 0 Å². The van der Waals surface area contributed by atoms with E-state index in [4.69, 9.17) is 5.11 Å². The fraction of sp³-hybridized carbons (Fsp3) is 0.562. The van der Waals surface area contributed by atoms with E-state index in [-0.39, 0.29) is 11.0 Å². The number of allylic oxidation sites excluding steroid dienone is 3. The molecular weight excluding hydrogens is 224 g/mol. The summed E-state index contributed by atoms with van der Waals surface area (Å²) in [5, 5.41) is 8.91. The summed E-state index contributed by atoms with van der Waals surface area (Å²) in [4.78, 5) is 10.9. The molecule has 1 unspecified atom stereocenters. The lowest BCUT2D eigenvalue weighted by atomic mass is 9.85. The van der Waals surface area contributed by atoms with Crippen molar-refractivity contribution in [3.05, 3.63) is 36.0 Å². The molecule has 1 N–H and O–H groups in total. The number of hydrogen-bond donors (Lipinski definition) is 1. The molecule has 0 aromatic rings.